The Hall–Kier alpha value is -3.00. The van der Waals surface area contributed by atoms with Crippen molar-refractivity contribution in [3.8, 4) is 0 Å². The van der Waals surface area contributed by atoms with Crippen LogP contribution >= 0.6 is 0 Å². The van der Waals surface area contributed by atoms with Crippen molar-refractivity contribution in [1.82, 2.24) is 30.5 Å². The third-order valence-corrected chi connectivity index (χ3v) is 12.0. The first kappa shape index (κ1) is 46.2. The standard InChI is InChI=1S/C39H70N6O7S/c1-12-14-20-29(32(46)35(48)40-22-13-2)41-34(47)31-28(26(3)4)21-23-45(31)36(49)33(39(8,9)10)43-37(50)42-30(38(5,6)7)25-44(53(11,51)52)24-27-18-16-15-17-19-27/h13,26-31,33H,2,12,14-25H2,1,3-11H3,(H,40,48)(H,41,47)(H2,42,43,50)/t28?,29?,30-,31+,33-/m1/s1. The molecule has 5 amide bonds. The monoisotopic (exact) mass is 767 g/mol. The predicted octanol–water partition coefficient (Wildman–Crippen LogP) is 4.38. The minimum atomic E-state index is -3.57. The molecule has 0 aromatic rings. The van der Waals surface area contributed by atoms with Gasteiger partial charge in [0.2, 0.25) is 27.6 Å². The second-order valence-corrected chi connectivity index (χ2v) is 19.6. The fourth-order valence-electron chi connectivity index (χ4n) is 7.33. The summed E-state index contributed by atoms with van der Waals surface area (Å²) in [4.78, 5) is 69.7. The second kappa shape index (κ2) is 20.1. The summed E-state index contributed by atoms with van der Waals surface area (Å²) in [6.45, 7) is 21.7. The zero-order chi connectivity index (χ0) is 40.3. The number of sulfonamides is 1. The van der Waals surface area contributed by atoms with E-state index in [1.807, 2.05) is 62.3 Å². The molecule has 0 spiro atoms. The molecule has 1 aliphatic carbocycles. The number of urea groups is 1. The van der Waals surface area contributed by atoms with Gasteiger partial charge in [0.25, 0.3) is 5.91 Å². The first-order valence-electron chi connectivity index (χ1n) is 19.6. The number of Topliss-reactive ketones (excluding diaryl/α,β-unsaturated/α-hetero) is 1. The Bertz CT molecular complexity index is 1380. The number of unbranched alkanes of at least 4 members (excludes halogenated alkanes) is 1. The maximum absolute atomic E-state index is 14.5. The Balaban J connectivity index is 2.35. The molecule has 2 fully saturated rings. The lowest BCUT2D eigenvalue weighted by Gasteiger charge is -2.39. The summed E-state index contributed by atoms with van der Waals surface area (Å²) in [6.07, 6.45) is 10.1. The van der Waals surface area contributed by atoms with Crippen LogP contribution in [0.25, 0.3) is 0 Å². The summed E-state index contributed by atoms with van der Waals surface area (Å²) < 4.78 is 27.4. The smallest absolute Gasteiger partial charge is 0.315 e. The molecule has 14 heteroatoms. The lowest BCUT2D eigenvalue weighted by Crippen LogP contribution is -2.62. The van der Waals surface area contributed by atoms with E-state index in [0.717, 1.165) is 38.5 Å². The van der Waals surface area contributed by atoms with Gasteiger partial charge in [0, 0.05) is 32.2 Å². The number of hydrogen-bond donors (Lipinski definition) is 4. The van der Waals surface area contributed by atoms with Crippen molar-refractivity contribution in [3.63, 3.8) is 0 Å². The highest BCUT2D eigenvalue weighted by molar-refractivity contribution is 7.88. The molecule has 1 aliphatic heterocycles. The van der Waals surface area contributed by atoms with Crippen molar-refractivity contribution in [3.05, 3.63) is 12.7 Å². The Morgan fingerprint density at radius 2 is 1.55 bits per heavy atom. The molecule has 1 heterocycles. The largest absolute Gasteiger partial charge is 0.346 e. The van der Waals surface area contributed by atoms with Gasteiger partial charge in [-0.25, -0.2) is 13.2 Å². The van der Waals surface area contributed by atoms with Crippen LogP contribution in [0.1, 0.15) is 120 Å². The number of carbonyl (C=O) groups excluding carboxylic acids is 5. The minimum absolute atomic E-state index is 0.0209. The van der Waals surface area contributed by atoms with Gasteiger partial charge in [-0.2, -0.15) is 4.31 Å². The number of ketones is 1. The Labute approximate surface area is 319 Å². The summed E-state index contributed by atoms with van der Waals surface area (Å²) in [5, 5.41) is 11.2. The quantitative estimate of drug-likeness (QED) is 0.118. The van der Waals surface area contributed by atoms with E-state index in [1.165, 1.54) is 21.5 Å². The van der Waals surface area contributed by atoms with E-state index in [4.69, 9.17) is 0 Å². The topological polar surface area (TPSA) is 174 Å². The highest BCUT2D eigenvalue weighted by Crippen LogP contribution is 2.34. The average molecular weight is 767 g/mol. The normalized spacial score (nSPS) is 20.4. The number of nitrogens with one attached hydrogen (secondary N) is 4. The molecular weight excluding hydrogens is 697 g/mol. The van der Waals surface area contributed by atoms with Crippen LogP contribution in [0.5, 0.6) is 0 Å². The number of carbonyl (C=O) groups is 5. The molecule has 0 aromatic carbocycles. The van der Waals surface area contributed by atoms with E-state index in [0.29, 0.717) is 19.4 Å². The molecule has 2 rings (SSSR count). The molecule has 4 N–H and O–H groups in total. The van der Waals surface area contributed by atoms with E-state index >= 15 is 0 Å². The first-order chi connectivity index (χ1) is 24.5. The number of amides is 5. The van der Waals surface area contributed by atoms with Gasteiger partial charge in [0.1, 0.15) is 12.1 Å². The lowest BCUT2D eigenvalue weighted by atomic mass is 9.84. The SMILES string of the molecule is C=CCNC(=O)C(=O)C(CCCC)NC(=O)[C@@H]1C(C(C)C)CCN1C(=O)[C@@H](NC(=O)N[C@H](CN(CC1CCCCC1)S(C)(=O)=O)C(C)(C)C)C(C)(C)C. The number of likely N-dealkylation sites (tertiary alicyclic amines) is 1. The molecular formula is C39H70N6O7S. The molecule has 53 heavy (non-hydrogen) atoms. The number of hydrogen-bond acceptors (Lipinski definition) is 7. The Morgan fingerprint density at radius 1 is 0.925 bits per heavy atom. The van der Waals surface area contributed by atoms with Gasteiger partial charge in [0.15, 0.2) is 0 Å². The van der Waals surface area contributed by atoms with Crippen LogP contribution in [0.2, 0.25) is 0 Å². The van der Waals surface area contributed by atoms with E-state index in [2.05, 4.69) is 27.8 Å². The summed E-state index contributed by atoms with van der Waals surface area (Å²) in [6, 6.07) is -4.20. The van der Waals surface area contributed by atoms with Crippen molar-refractivity contribution in [2.75, 3.05) is 32.4 Å². The summed E-state index contributed by atoms with van der Waals surface area (Å²) in [7, 11) is -3.57. The molecule has 2 aliphatic rings. The summed E-state index contributed by atoms with van der Waals surface area (Å²) in [5.74, 6) is -2.43. The van der Waals surface area contributed by atoms with Gasteiger partial charge < -0.3 is 26.2 Å². The Morgan fingerprint density at radius 3 is 2.06 bits per heavy atom. The summed E-state index contributed by atoms with van der Waals surface area (Å²) in [5.41, 5.74) is -1.30. The maximum atomic E-state index is 14.5. The van der Waals surface area contributed by atoms with Crippen LogP contribution in [0.15, 0.2) is 12.7 Å². The number of nitrogens with zero attached hydrogens (tertiary/aromatic N) is 2. The van der Waals surface area contributed by atoms with Crippen LogP contribution < -0.4 is 21.3 Å². The van der Waals surface area contributed by atoms with E-state index in [-0.39, 0.29) is 43.8 Å². The van der Waals surface area contributed by atoms with Gasteiger partial charge in [0.05, 0.1) is 12.3 Å². The van der Waals surface area contributed by atoms with Gasteiger partial charge >= 0.3 is 6.03 Å². The molecule has 2 unspecified atom stereocenters. The van der Waals surface area contributed by atoms with Crippen LogP contribution in [-0.2, 0) is 29.2 Å². The summed E-state index contributed by atoms with van der Waals surface area (Å²) >= 11 is 0. The molecule has 13 nitrogen and oxygen atoms in total. The minimum Gasteiger partial charge on any atom is -0.346 e. The van der Waals surface area contributed by atoms with Crippen molar-refractivity contribution >= 4 is 39.6 Å². The zero-order valence-corrected chi connectivity index (χ0v) is 35.0. The molecule has 1 saturated carbocycles. The van der Waals surface area contributed by atoms with E-state index in [1.54, 1.807) is 0 Å². The first-order valence-corrected chi connectivity index (χ1v) is 21.4. The third-order valence-electron chi connectivity index (χ3n) is 10.7. The van der Waals surface area contributed by atoms with Crippen LogP contribution in [-0.4, -0.2) is 104 Å². The fourth-order valence-corrected chi connectivity index (χ4v) is 8.23. The third kappa shape index (κ3) is 14.0. The van der Waals surface area contributed by atoms with Crippen LogP contribution in [0.3, 0.4) is 0 Å². The molecule has 1 saturated heterocycles. The fraction of sp³-hybridized carbons (Fsp3) is 0.821. The van der Waals surface area contributed by atoms with Gasteiger partial charge in [-0.1, -0.05) is 100 Å². The zero-order valence-electron chi connectivity index (χ0n) is 34.2. The van der Waals surface area contributed by atoms with Crippen LogP contribution in [0.4, 0.5) is 4.79 Å². The van der Waals surface area contributed by atoms with Crippen molar-refractivity contribution in [1.29, 1.82) is 0 Å². The number of rotatable bonds is 18. The Kier molecular flexibility index (Phi) is 17.5. The molecule has 304 valence electrons. The average Bonchev–Trinajstić information content (AvgIpc) is 3.52. The van der Waals surface area contributed by atoms with Gasteiger partial charge in [-0.3, -0.25) is 19.2 Å². The highest BCUT2D eigenvalue weighted by atomic mass is 32.2. The van der Waals surface area contributed by atoms with Crippen molar-refractivity contribution in [2.24, 2.45) is 28.6 Å². The van der Waals surface area contributed by atoms with Crippen molar-refractivity contribution in [2.45, 2.75) is 144 Å². The molecule has 5 atom stereocenters. The van der Waals surface area contributed by atoms with Gasteiger partial charge in [-0.15, -0.1) is 6.58 Å². The lowest BCUT2D eigenvalue weighted by molar-refractivity contribution is -0.144. The van der Waals surface area contributed by atoms with Crippen molar-refractivity contribution < 1.29 is 32.4 Å². The molecule has 0 bridgehead atoms. The van der Waals surface area contributed by atoms with Crippen LogP contribution in [0, 0.1) is 28.6 Å². The van der Waals surface area contributed by atoms with E-state index in [9.17, 15) is 32.4 Å². The van der Waals surface area contributed by atoms with E-state index < -0.39 is 74.6 Å². The molecule has 0 aromatic heterocycles. The second-order valence-electron chi connectivity index (χ2n) is 17.7. The van der Waals surface area contributed by atoms with Gasteiger partial charge in [-0.05, 0) is 54.3 Å². The maximum Gasteiger partial charge on any atom is 0.315 e. The molecule has 0 radical (unpaired) electrons. The predicted molar refractivity (Wildman–Crippen MR) is 209 cm³/mol. The highest BCUT2D eigenvalue weighted by Gasteiger charge is 2.48.